The third kappa shape index (κ3) is 4.24. The van der Waals surface area contributed by atoms with E-state index in [1.165, 1.54) is 0 Å². The van der Waals surface area contributed by atoms with Gasteiger partial charge in [-0.3, -0.25) is 4.79 Å². The van der Waals surface area contributed by atoms with Gasteiger partial charge in [0.05, 0.1) is 12.2 Å². The lowest BCUT2D eigenvalue weighted by molar-refractivity contribution is -0.138. The van der Waals surface area contributed by atoms with Gasteiger partial charge in [-0.15, -0.1) is 11.8 Å². The van der Waals surface area contributed by atoms with Crippen molar-refractivity contribution in [3.8, 4) is 0 Å². The molecule has 166 valence electrons. The summed E-state index contributed by atoms with van der Waals surface area (Å²) in [6.45, 7) is 3.95. The Labute approximate surface area is 198 Å². The third-order valence-electron chi connectivity index (χ3n) is 6.12. The maximum Gasteiger partial charge on any atom is 0.336 e. The van der Waals surface area contributed by atoms with Crippen LogP contribution in [0.2, 0.25) is 5.02 Å². The van der Waals surface area contributed by atoms with Gasteiger partial charge in [0, 0.05) is 39.2 Å². The van der Waals surface area contributed by atoms with E-state index in [-0.39, 0.29) is 24.3 Å². The van der Waals surface area contributed by atoms with Crippen LogP contribution >= 0.6 is 23.4 Å². The Hall–Kier alpha value is -2.50. The maximum absolute atomic E-state index is 13.5. The van der Waals surface area contributed by atoms with Gasteiger partial charge in [0.25, 0.3) is 0 Å². The van der Waals surface area contributed by atoms with E-state index < -0.39 is 5.92 Å². The van der Waals surface area contributed by atoms with Crippen molar-refractivity contribution in [2.75, 3.05) is 12.9 Å². The quantitative estimate of drug-likeness (QED) is 0.432. The fourth-order valence-corrected chi connectivity index (χ4v) is 5.37. The second-order valence-electron chi connectivity index (χ2n) is 8.03. The average Bonchev–Trinajstić information content (AvgIpc) is 2.78. The third-order valence-corrected chi connectivity index (χ3v) is 7.20. The summed E-state index contributed by atoms with van der Waals surface area (Å²) in [4.78, 5) is 27.6. The Morgan fingerprint density at radius 3 is 2.53 bits per heavy atom. The van der Waals surface area contributed by atoms with Crippen molar-refractivity contribution in [2.45, 2.75) is 43.4 Å². The molecule has 0 radical (unpaired) electrons. The molecular weight excluding hydrogens is 442 g/mol. The highest BCUT2D eigenvalue weighted by Crippen LogP contribution is 2.46. The summed E-state index contributed by atoms with van der Waals surface area (Å²) in [6, 6.07) is 15.8. The fraction of sp³-hybridized carbons (Fsp3) is 0.308. The molecule has 0 aromatic heterocycles. The lowest BCUT2D eigenvalue weighted by atomic mass is 9.71. The van der Waals surface area contributed by atoms with Gasteiger partial charge in [-0.05, 0) is 61.8 Å². The highest BCUT2D eigenvalue weighted by Gasteiger charge is 2.41. The Balaban J connectivity index is 1.80. The van der Waals surface area contributed by atoms with E-state index in [1.54, 1.807) is 18.7 Å². The molecule has 0 spiro atoms. The van der Waals surface area contributed by atoms with Gasteiger partial charge in [0.1, 0.15) is 0 Å². The number of carbonyl (C=O) groups is 2. The topological polar surface area (TPSA) is 55.4 Å². The van der Waals surface area contributed by atoms with E-state index in [1.807, 2.05) is 61.7 Å². The number of benzene rings is 2. The number of esters is 1. The molecule has 2 atom stereocenters. The molecule has 1 heterocycles. The van der Waals surface area contributed by atoms with E-state index in [9.17, 15) is 9.59 Å². The number of thioether (sulfide) groups is 1. The minimum Gasteiger partial charge on any atom is -0.463 e. The number of nitrogens with one attached hydrogen (secondary N) is 1. The summed E-state index contributed by atoms with van der Waals surface area (Å²) >= 11 is 8.10. The summed E-state index contributed by atoms with van der Waals surface area (Å²) in [6.07, 6.45) is 3.05. The minimum atomic E-state index is -0.444. The number of allylic oxidation sites excluding steroid dienone is 3. The molecule has 0 saturated carbocycles. The number of halogens is 1. The molecular formula is C26H26ClNO3S. The second-order valence-corrected chi connectivity index (χ2v) is 9.32. The molecule has 4 nitrogen and oxygen atoms in total. The van der Waals surface area contributed by atoms with E-state index in [0.29, 0.717) is 29.0 Å². The molecule has 2 aliphatic rings. The fourth-order valence-electron chi connectivity index (χ4n) is 4.67. The Kier molecular flexibility index (Phi) is 6.77. The van der Waals surface area contributed by atoms with E-state index in [0.717, 1.165) is 27.4 Å². The first-order valence-corrected chi connectivity index (χ1v) is 12.3. The highest BCUT2D eigenvalue weighted by atomic mass is 35.5. The van der Waals surface area contributed by atoms with Crippen LogP contribution in [0.3, 0.4) is 0 Å². The van der Waals surface area contributed by atoms with Crippen LogP contribution in [0.25, 0.3) is 0 Å². The van der Waals surface area contributed by atoms with Gasteiger partial charge in [0.2, 0.25) is 0 Å². The van der Waals surface area contributed by atoms with Crippen molar-refractivity contribution in [2.24, 2.45) is 0 Å². The molecule has 0 fully saturated rings. The van der Waals surface area contributed by atoms with Crippen LogP contribution in [0, 0.1) is 0 Å². The number of dihydropyridines is 1. The van der Waals surface area contributed by atoms with Gasteiger partial charge in [-0.25, -0.2) is 4.79 Å². The zero-order valence-electron chi connectivity index (χ0n) is 18.4. The summed E-state index contributed by atoms with van der Waals surface area (Å²) in [7, 11) is 0. The number of hydrogen-bond donors (Lipinski definition) is 1. The number of rotatable bonds is 5. The maximum atomic E-state index is 13.5. The predicted octanol–water partition coefficient (Wildman–Crippen LogP) is 5.99. The zero-order valence-corrected chi connectivity index (χ0v) is 20.0. The monoisotopic (exact) mass is 467 g/mol. The molecule has 0 unspecified atom stereocenters. The lowest BCUT2D eigenvalue weighted by Gasteiger charge is -2.37. The number of ether oxygens (including phenoxy) is 1. The molecule has 0 amide bonds. The normalized spacial score (nSPS) is 20.7. The first-order chi connectivity index (χ1) is 15.4. The number of hydrogen-bond acceptors (Lipinski definition) is 5. The van der Waals surface area contributed by atoms with E-state index >= 15 is 0 Å². The second kappa shape index (κ2) is 9.55. The van der Waals surface area contributed by atoms with Gasteiger partial charge >= 0.3 is 5.97 Å². The molecule has 1 aliphatic heterocycles. The van der Waals surface area contributed by atoms with E-state index in [4.69, 9.17) is 16.3 Å². The smallest absolute Gasteiger partial charge is 0.336 e. The molecule has 4 rings (SSSR count). The molecule has 2 aromatic rings. The van der Waals surface area contributed by atoms with Gasteiger partial charge in [0.15, 0.2) is 5.78 Å². The van der Waals surface area contributed by atoms with Crippen LogP contribution in [-0.2, 0) is 14.3 Å². The minimum absolute atomic E-state index is 0.00101. The van der Waals surface area contributed by atoms with Crippen LogP contribution in [-0.4, -0.2) is 24.6 Å². The largest absolute Gasteiger partial charge is 0.463 e. The van der Waals surface area contributed by atoms with E-state index in [2.05, 4.69) is 5.32 Å². The highest BCUT2D eigenvalue weighted by molar-refractivity contribution is 7.98. The first-order valence-electron chi connectivity index (χ1n) is 10.7. The summed E-state index contributed by atoms with van der Waals surface area (Å²) in [5.41, 5.74) is 4.67. The van der Waals surface area contributed by atoms with Crippen LogP contribution in [0.1, 0.15) is 49.7 Å². The standard InChI is InChI=1S/C26H26ClNO3S/c1-4-31-26(30)23-15(2)28-21-13-17(19-7-5-6-8-20(19)27)14-22(29)25(21)24(23)16-9-11-18(32-3)12-10-16/h5-12,17,24,28H,4,13-14H2,1-3H3/t17-,24-/m1/s1. The molecule has 0 saturated heterocycles. The molecule has 2 aromatic carbocycles. The lowest BCUT2D eigenvalue weighted by Crippen LogP contribution is -2.36. The van der Waals surface area contributed by atoms with Crippen LogP contribution < -0.4 is 5.32 Å². The number of Topliss-reactive ketones (excluding diaryl/α,β-unsaturated/α-hetero) is 1. The van der Waals surface area contributed by atoms with Gasteiger partial charge in [-0.2, -0.15) is 0 Å². The van der Waals surface area contributed by atoms with Crippen molar-refractivity contribution in [1.29, 1.82) is 0 Å². The van der Waals surface area contributed by atoms with Crippen molar-refractivity contribution >= 4 is 35.1 Å². The Morgan fingerprint density at radius 2 is 1.88 bits per heavy atom. The first kappa shape index (κ1) is 22.7. The molecule has 6 heteroatoms. The van der Waals surface area contributed by atoms with Crippen molar-refractivity contribution in [3.63, 3.8) is 0 Å². The SMILES string of the molecule is CCOC(=O)C1=C(C)NC2=C(C(=O)C[C@H](c3ccccc3Cl)C2)[C@@H]1c1ccc(SC)cc1. The summed E-state index contributed by atoms with van der Waals surface area (Å²) < 4.78 is 5.38. The molecule has 1 aliphatic carbocycles. The van der Waals surface area contributed by atoms with Gasteiger partial charge < -0.3 is 10.1 Å². The number of ketones is 1. The average molecular weight is 468 g/mol. The van der Waals surface area contributed by atoms with Gasteiger partial charge in [-0.1, -0.05) is 41.9 Å². The van der Waals surface area contributed by atoms with Crippen LogP contribution in [0.4, 0.5) is 0 Å². The van der Waals surface area contributed by atoms with Crippen LogP contribution in [0.15, 0.2) is 76.0 Å². The van der Waals surface area contributed by atoms with Crippen molar-refractivity contribution in [3.05, 3.63) is 87.2 Å². The number of carbonyl (C=O) groups excluding carboxylic acids is 2. The summed E-state index contributed by atoms with van der Waals surface area (Å²) in [5, 5.41) is 4.04. The van der Waals surface area contributed by atoms with Crippen LogP contribution in [0.5, 0.6) is 0 Å². The Bertz CT molecular complexity index is 1120. The van der Waals surface area contributed by atoms with Crippen molar-refractivity contribution in [1.82, 2.24) is 5.32 Å². The Morgan fingerprint density at radius 1 is 1.16 bits per heavy atom. The molecule has 32 heavy (non-hydrogen) atoms. The van der Waals surface area contributed by atoms with Crippen molar-refractivity contribution < 1.29 is 14.3 Å². The molecule has 0 bridgehead atoms. The summed E-state index contributed by atoms with van der Waals surface area (Å²) in [5.74, 6) is -0.791. The zero-order chi connectivity index (χ0) is 22.8. The predicted molar refractivity (Wildman–Crippen MR) is 129 cm³/mol. The molecule has 1 N–H and O–H groups in total.